The average molecular weight is 537 g/mol. The van der Waals surface area contributed by atoms with Crippen molar-refractivity contribution in [1.82, 2.24) is 14.8 Å². The van der Waals surface area contributed by atoms with Gasteiger partial charge in [-0.25, -0.2) is 22.0 Å². The van der Waals surface area contributed by atoms with Gasteiger partial charge < -0.3 is 15.4 Å². The van der Waals surface area contributed by atoms with Crippen LogP contribution in [-0.2, 0) is 6.42 Å². The molecule has 5 rings (SSSR count). The number of nitrogens with zero attached hydrogens (tertiary/aromatic N) is 2. The summed E-state index contributed by atoms with van der Waals surface area (Å²) in [4.78, 5) is 6.64. The van der Waals surface area contributed by atoms with Crippen LogP contribution >= 0.6 is 0 Å². The van der Waals surface area contributed by atoms with E-state index >= 15 is 8.78 Å². The largest absolute Gasteiger partial charge is 0.390 e. The number of nitrogens with one attached hydrogen (secondary N) is 2. The lowest BCUT2D eigenvalue weighted by Gasteiger charge is -2.42. The maximum Gasteiger partial charge on any atom is 0.283 e. The number of benzene rings is 2. The van der Waals surface area contributed by atoms with Crippen LogP contribution in [0.4, 0.5) is 27.6 Å². The van der Waals surface area contributed by atoms with Gasteiger partial charge in [0.15, 0.2) is 0 Å². The van der Waals surface area contributed by atoms with Gasteiger partial charge in [0.1, 0.15) is 24.1 Å². The fourth-order valence-corrected chi connectivity index (χ4v) is 5.80. The van der Waals surface area contributed by atoms with Crippen molar-refractivity contribution in [2.24, 2.45) is 0 Å². The molecule has 3 N–H and O–H groups in total. The van der Waals surface area contributed by atoms with Crippen LogP contribution in [0, 0.1) is 17.5 Å². The van der Waals surface area contributed by atoms with E-state index in [2.05, 4.69) is 22.1 Å². The molecule has 2 unspecified atom stereocenters. The number of aromatic nitrogens is 1. The molecule has 2 aliphatic heterocycles. The van der Waals surface area contributed by atoms with Crippen molar-refractivity contribution in [2.75, 3.05) is 38.1 Å². The topological polar surface area (TPSA) is 54.5 Å². The summed E-state index contributed by atoms with van der Waals surface area (Å²) in [6.45, 7) is 4.10. The Morgan fingerprint density at radius 3 is 2.47 bits per heavy atom. The molecule has 0 aliphatic carbocycles. The summed E-state index contributed by atoms with van der Waals surface area (Å²) >= 11 is 0. The summed E-state index contributed by atoms with van der Waals surface area (Å²) in [6, 6.07) is 4.90. The maximum absolute atomic E-state index is 15.7. The molecule has 38 heavy (non-hydrogen) atoms. The number of rotatable bonds is 9. The van der Waals surface area contributed by atoms with E-state index in [1.165, 1.54) is 29.2 Å². The predicted molar refractivity (Wildman–Crippen MR) is 137 cm³/mol. The number of unbranched alkanes of at least 4 members (excludes halogenated alkanes) is 1. The van der Waals surface area contributed by atoms with Gasteiger partial charge in [0.2, 0.25) is 0 Å². The quantitative estimate of drug-likeness (QED) is 0.319. The van der Waals surface area contributed by atoms with E-state index in [9.17, 15) is 18.3 Å². The normalized spacial score (nSPS) is 21.1. The molecule has 2 atom stereocenters. The maximum atomic E-state index is 15.7. The van der Waals surface area contributed by atoms with E-state index in [1.807, 2.05) is 0 Å². The Morgan fingerprint density at radius 1 is 1.11 bits per heavy atom. The molecule has 0 amide bonds. The molecule has 0 saturated carbocycles. The minimum atomic E-state index is -3.48. The van der Waals surface area contributed by atoms with Gasteiger partial charge in [-0.05, 0) is 62.2 Å². The minimum Gasteiger partial charge on any atom is -0.390 e. The Balaban J connectivity index is 1.52. The molecule has 1 saturated heterocycles. The molecule has 206 valence electrons. The third-order valence-corrected chi connectivity index (χ3v) is 7.73. The molecule has 0 bridgehead atoms. The first-order chi connectivity index (χ1) is 18.1. The molecule has 1 fully saturated rings. The van der Waals surface area contributed by atoms with E-state index in [1.54, 1.807) is 13.0 Å². The molecule has 0 radical (unpaired) electrons. The fraction of sp³-hybridized carbons (Fsp3) is 0.500. The summed E-state index contributed by atoms with van der Waals surface area (Å²) in [6.07, 6.45) is 2.51. The van der Waals surface area contributed by atoms with E-state index in [-0.39, 0.29) is 11.6 Å². The van der Waals surface area contributed by atoms with E-state index < -0.39 is 48.6 Å². The third-order valence-electron chi connectivity index (χ3n) is 7.73. The lowest BCUT2D eigenvalue weighted by Crippen LogP contribution is -2.54. The van der Waals surface area contributed by atoms with Gasteiger partial charge in [-0.15, -0.1) is 0 Å². The number of aliphatic hydroxyl groups excluding tert-OH is 1. The SMILES string of the molecule is CCCCN1CC(Nc2cc(F)c(C3c4[nH]c5cc(F)ccc5c4CC(C)N3CC(F)(F)CO)c(F)c2)C1. The number of aliphatic hydroxyl groups is 1. The third kappa shape index (κ3) is 5.13. The second kappa shape index (κ2) is 10.5. The predicted octanol–water partition coefficient (Wildman–Crippen LogP) is 5.45. The first kappa shape index (κ1) is 26.9. The van der Waals surface area contributed by atoms with Crippen molar-refractivity contribution >= 4 is 16.6 Å². The van der Waals surface area contributed by atoms with Gasteiger partial charge in [-0.2, -0.15) is 0 Å². The Labute approximate surface area is 218 Å². The molecule has 10 heteroatoms. The van der Waals surface area contributed by atoms with Gasteiger partial charge in [0, 0.05) is 47.0 Å². The van der Waals surface area contributed by atoms with Gasteiger partial charge in [0.05, 0.1) is 18.6 Å². The van der Waals surface area contributed by atoms with E-state index in [0.29, 0.717) is 34.3 Å². The zero-order valence-corrected chi connectivity index (χ0v) is 21.5. The number of hydrogen-bond acceptors (Lipinski definition) is 4. The Kier molecular flexibility index (Phi) is 7.41. The van der Waals surface area contributed by atoms with Crippen LogP contribution in [0.15, 0.2) is 30.3 Å². The van der Waals surface area contributed by atoms with Crippen LogP contribution < -0.4 is 5.32 Å². The van der Waals surface area contributed by atoms with Crippen LogP contribution in [0.25, 0.3) is 10.9 Å². The lowest BCUT2D eigenvalue weighted by atomic mass is 9.87. The first-order valence-corrected chi connectivity index (χ1v) is 13.1. The van der Waals surface area contributed by atoms with Crippen molar-refractivity contribution in [3.8, 4) is 0 Å². The molecule has 2 aliphatic rings. The van der Waals surface area contributed by atoms with E-state index in [0.717, 1.165) is 32.5 Å². The smallest absolute Gasteiger partial charge is 0.283 e. The number of likely N-dealkylation sites (tertiary alicyclic amines) is 1. The van der Waals surface area contributed by atoms with Gasteiger partial charge >= 0.3 is 0 Å². The molecule has 3 heterocycles. The standard InChI is InChI=1S/C28H33F5N4O/c1-3-4-7-36-12-19(13-36)34-18-10-22(30)25(23(31)11-18)27-26-21(20-6-5-17(29)9-24(20)35-26)8-16(2)37(27)14-28(32,33)15-38/h5-6,9-11,16,19,27,34-35,38H,3-4,7-8,12-15H2,1-2H3. The molecular formula is C28H33F5N4O. The Hall–Kier alpha value is -2.69. The first-order valence-electron chi connectivity index (χ1n) is 13.1. The Morgan fingerprint density at radius 2 is 1.82 bits per heavy atom. The molecular weight excluding hydrogens is 503 g/mol. The van der Waals surface area contributed by atoms with E-state index in [4.69, 9.17) is 0 Å². The zero-order chi connectivity index (χ0) is 27.2. The summed E-state index contributed by atoms with van der Waals surface area (Å²) < 4.78 is 74.3. The number of hydrogen-bond donors (Lipinski definition) is 3. The Bertz CT molecular complexity index is 1280. The molecule has 1 aromatic heterocycles. The highest BCUT2D eigenvalue weighted by atomic mass is 19.3. The monoisotopic (exact) mass is 536 g/mol. The molecule has 3 aromatic rings. The van der Waals surface area contributed by atoms with Crippen molar-refractivity contribution in [3.63, 3.8) is 0 Å². The van der Waals surface area contributed by atoms with Crippen LogP contribution in [0.2, 0.25) is 0 Å². The highest BCUT2D eigenvalue weighted by molar-refractivity contribution is 5.85. The summed E-state index contributed by atoms with van der Waals surface area (Å²) in [5.41, 5.74) is 1.42. The average Bonchev–Trinajstić information content (AvgIpc) is 3.18. The van der Waals surface area contributed by atoms with Crippen LogP contribution in [0.5, 0.6) is 0 Å². The molecule has 0 spiro atoms. The number of fused-ring (bicyclic) bond motifs is 3. The summed E-state index contributed by atoms with van der Waals surface area (Å²) in [5, 5.41) is 13.1. The highest BCUT2D eigenvalue weighted by Gasteiger charge is 2.43. The van der Waals surface area contributed by atoms with Crippen LogP contribution in [-0.4, -0.2) is 70.7 Å². The molecule has 2 aromatic carbocycles. The summed E-state index contributed by atoms with van der Waals surface area (Å²) in [7, 11) is 0. The van der Waals surface area contributed by atoms with Gasteiger partial charge in [0.25, 0.3) is 5.92 Å². The zero-order valence-electron chi connectivity index (χ0n) is 21.5. The van der Waals surface area contributed by atoms with Gasteiger partial charge in [-0.1, -0.05) is 13.3 Å². The number of alkyl halides is 2. The van der Waals surface area contributed by atoms with Crippen molar-refractivity contribution in [1.29, 1.82) is 0 Å². The second-order valence-corrected chi connectivity index (χ2v) is 10.7. The number of aromatic amines is 1. The number of halogens is 5. The van der Waals surface area contributed by atoms with Gasteiger partial charge in [-0.3, -0.25) is 9.80 Å². The minimum absolute atomic E-state index is 0.0705. The van der Waals surface area contributed by atoms with Crippen molar-refractivity contribution in [3.05, 3.63) is 64.6 Å². The fourth-order valence-electron chi connectivity index (χ4n) is 5.80. The highest BCUT2D eigenvalue weighted by Crippen LogP contribution is 2.44. The van der Waals surface area contributed by atoms with Crippen molar-refractivity contribution < 1.29 is 27.1 Å². The molecule has 5 nitrogen and oxygen atoms in total. The van der Waals surface area contributed by atoms with Crippen molar-refractivity contribution in [2.45, 2.75) is 57.2 Å². The lowest BCUT2D eigenvalue weighted by molar-refractivity contribution is -0.0869. The van der Waals surface area contributed by atoms with Crippen LogP contribution in [0.3, 0.4) is 0 Å². The van der Waals surface area contributed by atoms with Crippen LogP contribution in [0.1, 0.15) is 49.6 Å². The number of H-pyrrole nitrogens is 1. The second-order valence-electron chi connectivity index (χ2n) is 10.7. The number of anilines is 1. The summed E-state index contributed by atoms with van der Waals surface area (Å²) in [5.74, 6) is -5.69.